The van der Waals surface area contributed by atoms with E-state index in [1.165, 1.54) is 24.3 Å². The quantitative estimate of drug-likeness (QED) is 0.693. The Hall–Kier alpha value is -3.35. The minimum atomic E-state index is -4.44. The molecule has 1 aromatic carbocycles. The number of alkyl halides is 3. The number of hydrogen-bond donors (Lipinski definition) is 1. The number of benzene rings is 1. The van der Waals surface area contributed by atoms with Gasteiger partial charge in [-0.2, -0.15) is 13.2 Å². The first-order valence-corrected chi connectivity index (χ1v) is 7.47. The van der Waals surface area contributed by atoms with Gasteiger partial charge in [0.15, 0.2) is 0 Å². The third-order valence-corrected chi connectivity index (χ3v) is 3.62. The lowest BCUT2D eigenvalue weighted by Gasteiger charge is -2.06. The van der Waals surface area contributed by atoms with Gasteiger partial charge in [-0.3, -0.25) is 4.98 Å². The number of halogens is 3. The van der Waals surface area contributed by atoms with Crippen LogP contribution in [0.3, 0.4) is 0 Å². The largest absolute Gasteiger partial charge is 0.478 e. The second-order valence-corrected chi connectivity index (χ2v) is 5.38. The van der Waals surface area contributed by atoms with Crippen molar-refractivity contribution in [3.8, 4) is 11.3 Å². The molecule has 2 aromatic heterocycles. The average molecular weight is 359 g/mol. The van der Waals surface area contributed by atoms with E-state index in [-0.39, 0.29) is 17.1 Å². The Kier molecular flexibility index (Phi) is 4.62. The standard InChI is InChI=1S/C19H12F3NO3/c20-19(21,22)14-4-2-13(3-5-14)17-11-15(18(24)25)16(26-17)6-1-12-7-9-23-10-8-12/h1-11H,(H,24,25)/b6-1+. The van der Waals surface area contributed by atoms with Crippen LogP contribution in [0.25, 0.3) is 23.5 Å². The van der Waals surface area contributed by atoms with Gasteiger partial charge in [-0.1, -0.05) is 18.2 Å². The van der Waals surface area contributed by atoms with Gasteiger partial charge >= 0.3 is 12.1 Å². The van der Waals surface area contributed by atoms with E-state index in [1.807, 2.05) is 0 Å². The van der Waals surface area contributed by atoms with Crippen molar-refractivity contribution in [2.45, 2.75) is 6.18 Å². The number of carboxylic acids is 1. The van der Waals surface area contributed by atoms with Crippen LogP contribution in [0.5, 0.6) is 0 Å². The number of pyridine rings is 1. The molecule has 0 radical (unpaired) electrons. The lowest BCUT2D eigenvalue weighted by atomic mass is 10.1. The van der Waals surface area contributed by atoms with Crippen molar-refractivity contribution in [3.05, 3.63) is 77.3 Å². The summed E-state index contributed by atoms with van der Waals surface area (Å²) < 4.78 is 43.5. The Morgan fingerprint density at radius 3 is 2.27 bits per heavy atom. The molecule has 3 aromatic rings. The van der Waals surface area contributed by atoms with Crippen molar-refractivity contribution >= 4 is 18.1 Å². The molecule has 0 unspecified atom stereocenters. The number of furan rings is 1. The summed E-state index contributed by atoms with van der Waals surface area (Å²) in [5, 5.41) is 9.32. The highest BCUT2D eigenvalue weighted by atomic mass is 19.4. The van der Waals surface area contributed by atoms with Crippen molar-refractivity contribution in [2.75, 3.05) is 0 Å². The molecule has 0 aliphatic rings. The molecule has 0 bridgehead atoms. The lowest BCUT2D eigenvalue weighted by Crippen LogP contribution is -2.03. The van der Waals surface area contributed by atoms with Crippen LogP contribution < -0.4 is 0 Å². The van der Waals surface area contributed by atoms with E-state index in [1.54, 1.807) is 30.6 Å². The van der Waals surface area contributed by atoms with Gasteiger partial charge in [-0.05, 0) is 42.0 Å². The summed E-state index contributed by atoms with van der Waals surface area (Å²) in [5.41, 5.74) is 0.280. The highest BCUT2D eigenvalue weighted by Crippen LogP contribution is 2.32. The zero-order valence-corrected chi connectivity index (χ0v) is 13.2. The van der Waals surface area contributed by atoms with Crippen molar-refractivity contribution in [1.29, 1.82) is 0 Å². The monoisotopic (exact) mass is 359 g/mol. The molecule has 0 fully saturated rings. The van der Waals surface area contributed by atoms with E-state index >= 15 is 0 Å². The number of rotatable bonds is 4. The predicted molar refractivity (Wildman–Crippen MR) is 89.3 cm³/mol. The number of carbonyl (C=O) groups is 1. The average Bonchev–Trinajstić information content (AvgIpc) is 3.05. The van der Waals surface area contributed by atoms with Gasteiger partial charge in [-0.15, -0.1) is 0 Å². The normalized spacial score (nSPS) is 11.8. The van der Waals surface area contributed by atoms with Crippen LogP contribution in [-0.2, 0) is 6.18 Å². The third kappa shape index (κ3) is 3.83. The molecule has 7 heteroatoms. The number of aromatic nitrogens is 1. The molecule has 132 valence electrons. The fourth-order valence-corrected chi connectivity index (χ4v) is 2.31. The Balaban J connectivity index is 1.94. The van der Waals surface area contributed by atoms with E-state index in [2.05, 4.69) is 4.98 Å². The van der Waals surface area contributed by atoms with Crippen molar-refractivity contribution in [2.24, 2.45) is 0 Å². The Morgan fingerprint density at radius 1 is 1.04 bits per heavy atom. The fraction of sp³-hybridized carbons (Fsp3) is 0.0526. The summed E-state index contributed by atoms with van der Waals surface area (Å²) in [7, 11) is 0. The first kappa shape index (κ1) is 17.5. The van der Waals surface area contributed by atoms with Crippen LogP contribution >= 0.6 is 0 Å². The Bertz CT molecular complexity index is 942. The highest BCUT2D eigenvalue weighted by molar-refractivity contribution is 5.93. The summed E-state index contributed by atoms with van der Waals surface area (Å²) in [6, 6.07) is 9.08. The zero-order chi connectivity index (χ0) is 18.7. The van der Waals surface area contributed by atoms with Crippen molar-refractivity contribution in [1.82, 2.24) is 4.98 Å². The molecule has 26 heavy (non-hydrogen) atoms. The van der Waals surface area contributed by atoms with Crippen molar-refractivity contribution < 1.29 is 27.5 Å². The van der Waals surface area contributed by atoms with E-state index in [0.29, 0.717) is 5.56 Å². The van der Waals surface area contributed by atoms with Crippen LogP contribution in [-0.4, -0.2) is 16.1 Å². The molecule has 0 spiro atoms. The van der Waals surface area contributed by atoms with Gasteiger partial charge in [0.1, 0.15) is 17.1 Å². The molecule has 0 saturated carbocycles. The summed E-state index contributed by atoms with van der Waals surface area (Å²) >= 11 is 0. The summed E-state index contributed by atoms with van der Waals surface area (Å²) in [6.07, 6.45) is 1.89. The predicted octanol–water partition coefficient (Wildman–Crippen LogP) is 5.23. The fourth-order valence-electron chi connectivity index (χ4n) is 2.31. The van der Waals surface area contributed by atoms with E-state index in [0.717, 1.165) is 17.7 Å². The first-order chi connectivity index (χ1) is 12.3. The maximum Gasteiger partial charge on any atom is 0.416 e. The molecule has 0 aliphatic heterocycles. The molecule has 0 atom stereocenters. The first-order valence-electron chi connectivity index (χ1n) is 7.47. The van der Waals surface area contributed by atoms with Crippen LogP contribution in [0.1, 0.15) is 27.2 Å². The minimum Gasteiger partial charge on any atom is -0.478 e. The molecule has 4 nitrogen and oxygen atoms in total. The molecule has 3 rings (SSSR count). The van der Waals surface area contributed by atoms with E-state index in [9.17, 15) is 23.1 Å². The topological polar surface area (TPSA) is 63.3 Å². The summed E-state index contributed by atoms with van der Waals surface area (Å²) in [6.45, 7) is 0. The third-order valence-electron chi connectivity index (χ3n) is 3.62. The molecule has 1 N–H and O–H groups in total. The minimum absolute atomic E-state index is 0.0785. The molecule has 0 aliphatic carbocycles. The number of carboxylic acid groups (broad SMARTS) is 1. The maximum atomic E-state index is 12.6. The second kappa shape index (κ2) is 6.87. The van der Waals surface area contributed by atoms with Gasteiger partial charge in [0, 0.05) is 18.0 Å². The van der Waals surface area contributed by atoms with Crippen molar-refractivity contribution in [3.63, 3.8) is 0 Å². The number of nitrogens with zero attached hydrogens (tertiary/aromatic N) is 1. The smallest absolute Gasteiger partial charge is 0.416 e. The lowest BCUT2D eigenvalue weighted by molar-refractivity contribution is -0.137. The van der Waals surface area contributed by atoms with E-state index < -0.39 is 17.7 Å². The van der Waals surface area contributed by atoms with Crippen LogP contribution in [0.2, 0.25) is 0 Å². The Labute approximate surface area is 146 Å². The molecule has 0 saturated heterocycles. The summed E-state index contributed by atoms with van der Waals surface area (Å²) in [4.78, 5) is 15.3. The van der Waals surface area contributed by atoms with E-state index in [4.69, 9.17) is 4.42 Å². The van der Waals surface area contributed by atoms with Gasteiger partial charge in [-0.25, -0.2) is 4.79 Å². The molecular formula is C19H12F3NO3. The highest BCUT2D eigenvalue weighted by Gasteiger charge is 2.30. The van der Waals surface area contributed by atoms with Crippen LogP contribution in [0, 0.1) is 0 Å². The Morgan fingerprint density at radius 2 is 1.69 bits per heavy atom. The molecular weight excluding hydrogens is 347 g/mol. The van der Waals surface area contributed by atoms with Gasteiger partial charge in [0.05, 0.1) is 5.56 Å². The summed E-state index contributed by atoms with van der Waals surface area (Å²) in [5.74, 6) is -0.920. The molecule has 2 heterocycles. The van der Waals surface area contributed by atoms with Gasteiger partial charge < -0.3 is 9.52 Å². The van der Waals surface area contributed by atoms with Gasteiger partial charge in [0.25, 0.3) is 0 Å². The van der Waals surface area contributed by atoms with Crippen LogP contribution in [0.4, 0.5) is 13.2 Å². The van der Waals surface area contributed by atoms with Gasteiger partial charge in [0.2, 0.25) is 0 Å². The number of aromatic carboxylic acids is 1. The van der Waals surface area contributed by atoms with Crippen LogP contribution in [0.15, 0.2) is 59.3 Å². The number of hydrogen-bond acceptors (Lipinski definition) is 3. The molecule has 0 amide bonds. The maximum absolute atomic E-state index is 12.6. The SMILES string of the molecule is O=C(O)c1cc(-c2ccc(C(F)(F)F)cc2)oc1/C=C/c1ccncc1. The zero-order valence-electron chi connectivity index (χ0n) is 13.2. The second-order valence-electron chi connectivity index (χ2n) is 5.38.